The fraction of sp³-hybridized carbons (Fsp3) is 0.632. The molecule has 6 nitrogen and oxygen atoms in total. The molecule has 1 aromatic rings. The molecule has 1 rings (SSSR count). The molecule has 0 amide bonds. The standard InChI is InChI=1S/C19H34N4O2.HI/c1-6-22(7-2)12-13-25-17-11-10-16(14-18(17)24-5)15-21-19(20)23(8-3)9-4;/h10-11,14H,6-9,12-13,15H2,1-5H3,(H2,20,21);1H. The normalized spacial score (nSPS) is 11.2. The van der Waals surface area contributed by atoms with E-state index in [0.29, 0.717) is 19.1 Å². The van der Waals surface area contributed by atoms with Gasteiger partial charge in [-0.1, -0.05) is 19.9 Å². The molecule has 0 atom stereocenters. The lowest BCUT2D eigenvalue weighted by atomic mass is 10.2. The van der Waals surface area contributed by atoms with Crippen molar-refractivity contribution in [2.45, 2.75) is 34.2 Å². The molecule has 0 aliphatic carbocycles. The first kappa shape index (κ1) is 24.8. The summed E-state index contributed by atoms with van der Waals surface area (Å²) < 4.78 is 11.3. The Balaban J connectivity index is 0.00000625. The highest BCUT2D eigenvalue weighted by Gasteiger charge is 2.08. The van der Waals surface area contributed by atoms with Crippen molar-refractivity contribution in [2.24, 2.45) is 10.7 Å². The van der Waals surface area contributed by atoms with Gasteiger partial charge in [0.25, 0.3) is 0 Å². The van der Waals surface area contributed by atoms with E-state index in [1.165, 1.54) is 0 Å². The Morgan fingerprint density at radius 3 is 2.23 bits per heavy atom. The summed E-state index contributed by atoms with van der Waals surface area (Å²) in [5.41, 5.74) is 7.07. The first-order chi connectivity index (χ1) is 12.1. The predicted octanol–water partition coefficient (Wildman–Crippen LogP) is 3.19. The molecule has 7 heteroatoms. The van der Waals surface area contributed by atoms with E-state index >= 15 is 0 Å². The molecule has 0 fully saturated rings. The molecule has 0 radical (unpaired) electrons. The van der Waals surface area contributed by atoms with Crippen molar-refractivity contribution in [3.8, 4) is 11.5 Å². The Kier molecular flexibility index (Phi) is 13.3. The zero-order chi connectivity index (χ0) is 18.7. The Hall–Kier alpha value is -1.22. The highest BCUT2D eigenvalue weighted by Crippen LogP contribution is 2.28. The number of guanidine groups is 1. The number of nitrogens with zero attached hydrogens (tertiary/aromatic N) is 3. The van der Waals surface area contributed by atoms with Gasteiger partial charge in [0, 0.05) is 19.6 Å². The van der Waals surface area contributed by atoms with Crippen molar-refractivity contribution in [3.63, 3.8) is 0 Å². The Morgan fingerprint density at radius 2 is 1.69 bits per heavy atom. The first-order valence-corrected chi connectivity index (χ1v) is 9.16. The minimum atomic E-state index is 0. The maximum absolute atomic E-state index is 6.02. The topological polar surface area (TPSA) is 63.3 Å². The number of hydrogen-bond donors (Lipinski definition) is 1. The summed E-state index contributed by atoms with van der Waals surface area (Å²) in [6.45, 7) is 14.3. The maximum atomic E-state index is 6.02. The molecule has 150 valence electrons. The molecular weight excluding hydrogens is 443 g/mol. The number of rotatable bonds is 11. The van der Waals surface area contributed by atoms with E-state index in [1.54, 1.807) is 7.11 Å². The minimum absolute atomic E-state index is 0. The van der Waals surface area contributed by atoms with Gasteiger partial charge in [0.15, 0.2) is 17.5 Å². The number of methoxy groups -OCH3 is 1. The number of benzene rings is 1. The van der Waals surface area contributed by atoms with Gasteiger partial charge in [-0.15, -0.1) is 24.0 Å². The zero-order valence-corrected chi connectivity index (χ0v) is 19.2. The number of nitrogens with two attached hydrogens (primary N) is 1. The van der Waals surface area contributed by atoms with Gasteiger partial charge in [0.2, 0.25) is 0 Å². The monoisotopic (exact) mass is 478 g/mol. The molecule has 0 saturated heterocycles. The first-order valence-electron chi connectivity index (χ1n) is 9.16. The minimum Gasteiger partial charge on any atom is -0.493 e. The van der Waals surface area contributed by atoms with Crippen LogP contribution in [0.1, 0.15) is 33.3 Å². The molecule has 0 aliphatic heterocycles. The Labute approximate surface area is 175 Å². The molecule has 26 heavy (non-hydrogen) atoms. The van der Waals surface area contributed by atoms with Crippen LogP contribution in [-0.4, -0.2) is 62.2 Å². The molecule has 0 aliphatic rings. The van der Waals surface area contributed by atoms with Gasteiger partial charge in [0.1, 0.15) is 6.61 Å². The van der Waals surface area contributed by atoms with Crippen LogP contribution in [0.3, 0.4) is 0 Å². The molecule has 0 aromatic heterocycles. The summed E-state index contributed by atoms with van der Waals surface area (Å²) in [5.74, 6) is 2.07. The lowest BCUT2D eigenvalue weighted by Gasteiger charge is -2.19. The Morgan fingerprint density at radius 1 is 1.04 bits per heavy atom. The third kappa shape index (κ3) is 7.99. The second kappa shape index (κ2) is 13.9. The van der Waals surface area contributed by atoms with Crippen molar-refractivity contribution in [3.05, 3.63) is 23.8 Å². The van der Waals surface area contributed by atoms with Crippen LogP contribution in [0.4, 0.5) is 0 Å². The van der Waals surface area contributed by atoms with E-state index in [4.69, 9.17) is 15.2 Å². The molecule has 0 spiro atoms. The smallest absolute Gasteiger partial charge is 0.191 e. The van der Waals surface area contributed by atoms with Gasteiger partial charge in [-0.2, -0.15) is 0 Å². The summed E-state index contributed by atoms with van der Waals surface area (Å²) in [4.78, 5) is 8.82. The van der Waals surface area contributed by atoms with Gasteiger partial charge in [0.05, 0.1) is 13.7 Å². The van der Waals surface area contributed by atoms with E-state index in [0.717, 1.165) is 49.8 Å². The van der Waals surface area contributed by atoms with Crippen LogP contribution in [0, 0.1) is 0 Å². The molecular formula is C19H35IN4O2. The van der Waals surface area contributed by atoms with Crippen LogP contribution in [0.2, 0.25) is 0 Å². The summed E-state index contributed by atoms with van der Waals surface area (Å²) >= 11 is 0. The van der Waals surface area contributed by atoms with Crippen LogP contribution < -0.4 is 15.2 Å². The van der Waals surface area contributed by atoms with E-state index in [9.17, 15) is 0 Å². The van der Waals surface area contributed by atoms with Crippen LogP contribution in [-0.2, 0) is 6.54 Å². The lowest BCUT2D eigenvalue weighted by Crippen LogP contribution is -2.37. The fourth-order valence-corrected chi connectivity index (χ4v) is 2.57. The number of likely N-dealkylation sites (N-methyl/N-ethyl adjacent to an activating group) is 1. The van der Waals surface area contributed by atoms with Gasteiger partial charge >= 0.3 is 0 Å². The van der Waals surface area contributed by atoms with Crippen molar-refractivity contribution < 1.29 is 9.47 Å². The van der Waals surface area contributed by atoms with Crippen LogP contribution in [0.15, 0.2) is 23.2 Å². The number of aliphatic imine (C=N–C) groups is 1. The number of ether oxygens (including phenoxy) is 2. The lowest BCUT2D eigenvalue weighted by molar-refractivity contribution is 0.217. The van der Waals surface area contributed by atoms with Crippen molar-refractivity contribution >= 4 is 29.9 Å². The van der Waals surface area contributed by atoms with E-state index in [2.05, 4.69) is 37.6 Å². The SMILES string of the molecule is CCN(CC)CCOc1ccc(CN=C(N)N(CC)CC)cc1OC.I. The molecule has 0 saturated carbocycles. The average Bonchev–Trinajstić information content (AvgIpc) is 2.65. The van der Waals surface area contributed by atoms with Crippen molar-refractivity contribution in [2.75, 3.05) is 46.4 Å². The highest BCUT2D eigenvalue weighted by atomic mass is 127. The molecule has 2 N–H and O–H groups in total. The summed E-state index contributed by atoms with van der Waals surface area (Å²) in [7, 11) is 1.66. The molecule has 0 bridgehead atoms. The fourth-order valence-electron chi connectivity index (χ4n) is 2.57. The molecule has 0 unspecified atom stereocenters. The summed E-state index contributed by atoms with van der Waals surface area (Å²) in [6.07, 6.45) is 0. The van der Waals surface area contributed by atoms with E-state index < -0.39 is 0 Å². The van der Waals surface area contributed by atoms with Crippen molar-refractivity contribution in [1.82, 2.24) is 9.80 Å². The van der Waals surface area contributed by atoms with Crippen LogP contribution in [0.25, 0.3) is 0 Å². The van der Waals surface area contributed by atoms with Crippen LogP contribution in [0.5, 0.6) is 11.5 Å². The zero-order valence-electron chi connectivity index (χ0n) is 16.8. The number of hydrogen-bond acceptors (Lipinski definition) is 4. The average molecular weight is 478 g/mol. The predicted molar refractivity (Wildman–Crippen MR) is 120 cm³/mol. The molecule has 0 heterocycles. The van der Waals surface area contributed by atoms with Gasteiger partial charge in [-0.05, 0) is 44.6 Å². The summed E-state index contributed by atoms with van der Waals surface area (Å²) in [6, 6.07) is 5.92. The maximum Gasteiger partial charge on any atom is 0.191 e. The third-order valence-corrected chi connectivity index (χ3v) is 4.30. The summed E-state index contributed by atoms with van der Waals surface area (Å²) in [5, 5.41) is 0. The van der Waals surface area contributed by atoms with E-state index in [1.807, 2.05) is 23.1 Å². The Bertz CT molecular complexity index is 532. The van der Waals surface area contributed by atoms with Crippen molar-refractivity contribution in [1.29, 1.82) is 0 Å². The second-order valence-electron chi connectivity index (χ2n) is 5.71. The van der Waals surface area contributed by atoms with E-state index in [-0.39, 0.29) is 24.0 Å². The van der Waals surface area contributed by atoms with Gasteiger partial charge < -0.3 is 25.0 Å². The third-order valence-electron chi connectivity index (χ3n) is 4.30. The largest absolute Gasteiger partial charge is 0.493 e. The van der Waals surface area contributed by atoms with Crippen LogP contribution >= 0.6 is 24.0 Å². The number of halogens is 1. The quantitative estimate of drug-likeness (QED) is 0.301. The van der Waals surface area contributed by atoms with Gasteiger partial charge in [-0.3, -0.25) is 0 Å². The molecule has 1 aromatic carbocycles. The van der Waals surface area contributed by atoms with Gasteiger partial charge in [-0.25, -0.2) is 4.99 Å². The highest BCUT2D eigenvalue weighted by molar-refractivity contribution is 14.0. The second-order valence-corrected chi connectivity index (χ2v) is 5.71.